The van der Waals surface area contributed by atoms with Gasteiger partial charge in [-0.1, -0.05) is 13.8 Å². The molecule has 1 unspecified atom stereocenters. The lowest BCUT2D eigenvalue weighted by Gasteiger charge is -2.16. The molecule has 14 heavy (non-hydrogen) atoms. The topological polar surface area (TPSA) is 42.7 Å². The fraction of sp³-hybridized carbons (Fsp3) is 0.800. The highest BCUT2D eigenvalue weighted by molar-refractivity contribution is 4.85. The zero-order valence-corrected chi connectivity index (χ0v) is 9.49. The predicted molar refractivity (Wildman–Crippen MR) is 57.0 cm³/mol. The molecule has 1 heterocycles. The van der Waals surface area contributed by atoms with Gasteiger partial charge in [-0.05, 0) is 12.8 Å². The van der Waals surface area contributed by atoms with E-state index in [-0.39, 0.29) is 0 Å². The third-order valence-corrected chi connectivity index (χ3v) is 2.62. The molecule has 0 spiro atoms. The van der Waals surface area contributed by atoms with Crippen LogP contribution in [0, 0.1) is 5.92 Å². The molecule has 0 bridgehead atoms. The van der Waals surface area contributed by atoms with Crippen LogP contribution in [0.4, 0.5) is 0 Å². The molecule has 1 aromatic heterocycles. The monoisotopic (exact) mass is 196 g/mol. The van der Waals surface area contributed by atoms with Gasteiger partial charge in [0.2, 0.25) is 0 Å². The summed E-state index contributed by atoms with van der Waals surface area (Å²) in [5, 5.41) is 11.3. The number of aryl methyl sites for hydroxylation is 1. The van der Waals surface area contributed by atoms with Crippen molar-refractivity contribution in [3.8, 4) is 0 Å². The maximum atomic E-state index is 4.03. The van der Waals surface area contributed by atoms with Crippen molar-refractivity contribution in [2.24, 2.45) is 13.0 Å². The Bertz CT molecular complexity index is 267. The maximum absolute atomic E-state index is 4.03. The second-order valence-electron chi connectivity index (χ2n) is 4.09. The molecule has 0 saturated carbocycles. The SMILES string of the molecule is CC(C)C(C)NCCc1nncn1C. The minimum Gasteiger partial charge on any atom is -0.321 e. The molecule has 1 rings (SSSR count). The third-order valence-electron chi connectivity index (χ3n) is 2.62. The van der Waals surface area contributed by atoms with Gasteiger partial charge < -0.3 is 9.88 Å². The minimum atomic E-state index is 0.559. The van der Waals surface area contributed by atoms with Gasteiger partial charge in [-0.15, -0.1) is 10.2 Å². The molecule has 0 aromatic carbocycles. The van der Waals surface area contributed by atoms with Crippen molar-refractivity contribution in [1.82, 2.24) is 20.1 Å². The Balaban J connectivity index is 2.25. The normalized spacial score (nSPS) is 13.5. The third kappa shape index (κ3) is 3.10. The first-order valence-corrected chi connectivity index (χ1v) is 5.17. The van der Waals surface area contributed by atoms with Gasteiger partial charge in [0, 0.05) is 26.1 Å². The Morgan fingerprint density at radius 2 is 2.14 bits per heavy atom. The van der Waals surface area contributed by atoms with E-state index in [1.165, 1.54) is 0 Å². The van der Waals surface area contributed by atoms with Gasteiger partial charge in [0.25, 0.3) is 0 Å². The minimum absolute atomic E-state index is 0.559. The number of rotatable bonds is 5. The van der Waals surface area contributed by atoms with Crippen LogP contribution in [-0.2, 0) is 13.5 Å². The number of nitrogens with one attached hydrogen (secondary N) is 1. The summed E-state index contributed by atoms with van der Waals surface area (Å²) in [5.74, 6) is 1.71. The van der Waals surface area contributed by atoms with Gasteiger partial charge in [0.05, 0.1) is 0 Å². The fourth-order valence-corrected chi connectivity index (χ4v) is 1.18. The van der Waals surface area contributed by atoms with Gasteiger partial charge in [-0.3, -0.25) is 0 Å². The molecule has 1 aromatic rings. The van der Waals surface area contributed by atoms with E-state index < -0.39 is 0 Å². The summed E-state index contributed by atoms with van der Waals surface area (Å²) in [4.78, 5) is 0. The molecule has 1 atom stereocenters. The molecule has 0 aliphatic carbocycles. The molecule has 0 aliphatic heterocycles. The van der Waals surface area contributed by atoms with Crippen molar-refractivity contribution in [2.45, 2.75) is 33.2 Å². The standard InChI is InChI=1S/C10H20N4/c1-8(2)9(3)11-6-5-10-13-12-7-14(10)4/h7-9,11H,5-6H2,1-4H3. The Kier molecular flexibility index (Phi) is 4.07. The molecule has 4 heteroatoms. The quantitative estimate of drug-likeness (QED) is 0.763. The Morgan fingerprint density at radius 3 is 2.64 bits per heavy atom. The molecule has 0 amide bonds. The van der Waals surface area contributed by atoms with Crippen molar-refractivity contribution >= 4 is 0 Å². The molecule has 1 N–H and O–H groups in total. The zero-order valence-electron chi connectivity index (χ0n) is 9.49. The number of hydrogen-bond acceptors (Lipinski definition) is 3. The number of aromatic nitrogens is 3. The van der Waals surface area contributed by atoms with Crippen LogP contribution in [0.2, 0.25) is 0 Å². The maximum Gasteiger partial charge on any atom is 0.133 e. The summed E-state index contributed by atoms with van der Waals surface area (Å²) >= 11 is 0. The summed E-state index contributed by atoms with van der Waals surface area (Å²) in [5.41, 5.74) is 0. The zero-order chi connectivity index (χ0) is 10.6. The van der Waals surface area contributed by atoms with Gasteiger partial charge in [-0.25, -0.2) is 0 Å². The van der Waals surface area contributed by atoms with Crippen molar-refractivity contribution < 1.29 is 0 Å². The lowest BCUT2D eigenvalue weighted by Crippen LogP contribution is -2.32. The van der Waals surface area contributed by atoms with Crippen LogP contribution in [0.15, 0.2) is 6.33 Å². The molecule has 0 aliphatic rings. The van der Waals surface area contributed by atoms with E-state index in [1.807, 2.05) is 11.6 Å². The first-order chi connectivity index (χ1) is 6.61. The van der Waals surface area contributed by atoms with Crippen LogP contribution in [-0.4, -0.2) is 27.4 Å². The van der Waals surface area contributed by atoms with E-state index >= 15 is 0 Å². The average Bonchev–Trinajstić information content (AvgIpc) is 2.51. The second kappa shape index (κ2) is 5.10. The van der Waals surface area contributed by atoms with Gasteiger partial charge >= 0.3 is 0 Å². The van der Waals surface area contributed by atoms with Gasteiger partial charge in [0.1, 0.15) is 12.2 Å². The van der Waals surface area contributed by atoms with E-state index in [2.05, 4.69) is 36.3 Å². The Hall–Kier alpha value is -0.900. The van der Waals surface area contributed by atoms with E-state index in [0.717, 1.165) is 18.8 Å². The smallest absolute Gasteiger partial charge is 0.133 e. The second-order valence-corrected chi connectivity index (χ2v) is 4.09. The van der Waals surface area contributed by atoms with E-state index in [0.29, 0.717) is 12.0 Å². The number of nitrogens with zero attached hydrogens (tertiary/aromatic N) is 3. The van der Waals surface area contributed by atoms with Crippen LogP contribution < -0.4 is 5.32 Å². The van der Waals surface area contributed by atoms with Crippen molar-refractivity contribution in [2.75, 3.05) is 6.54 Å². The summed E-state index contributed by atoms with van der Waals surface area (Å²) in [6, 6.07) is 0.559. The summed E-state index contributed by atoms with van der Waals surface area (Å²) in [7, 11) is 1.97. The fourth-order valence-electron chi connectivity index (χ4n) is 1.18. The first kappa shape index (κ1) is 11.2. The van der Waals surface area contributed by atoms with Gasteiger partial charge in [0.15, 0.2) is 0 Å². The van der Waals surface area contributed by atoms with Crippen molar-refractivity contribution in [1.29, 1.82) is 0 Å². The number of hydrogen-bond donors (Lipinski definition) is 1. The molecule has 80 valence electrons. The van der Waals surface area contributed by atoms with Crippen molar-refractivity contribution in [3.05, 3.63) is 12.2 Å². The molecule has 0 fully saturated rings. The lowest BCUT2D eigenvalue weighted by atomic mass is 10.1. The van der Waals surface area contributed by atoms with E-state index in [4.69, 9.17) is 0 Å². The van der Waals surface area contributed by atoms with E-state index in [1.54, 1.807) is 6.33 Å². The highest BCUT2D eigenvalue weighted by atomic mass is 15.2. The Morgan fingerprint density at radius 1 is 1.43 bits per heavy atom. The van der Waals surface area contributed by atoms with E-state index in [9.17, 15) is 0 Å². The highest BCUT2D eigenvalue weighted by Gasteiger charge is 2.06. The lowest BCUT2D eigenvalue weighted by molar-refractivity contribution is 0.427. The predicted octanol–water partition coefficient (Wildman–Crippen LogP) is 0.992. The van der Waals surface area contributed by atoms with Crippen LogP contribution in [0.1, 0.15) is 26.6 Å². The van der Waals surface area contributed by atoms with Crippen LogP contribution in [0.5, 0.6) is 0 Å². The molecular formula is C10H20N4. The Labute approximate surface area is 85.7 Å². The molecular weight excluding hydrogens is 176 g/mol. The van der Waals surface area contributed by atoms with Crippen LogP contribution in [0.25, 0.3) is 0 Å². The van der Waals surface area contributed by atoms with Crippen LogP contribution in [0.3, 0.4) is 0 Å². The largest absolute Gasteiger partial charge is 0.321 e. The molecule has 4 nitrogen and oxygen atoms in total. The average molecular weight is 196 g/mol. The van der Waals surface area contributed by atoms with Gasteiger partial charge in [-0.2, -0.15) is 0 Å². The molecule has 0 radical (unpaired) electrons. The summed E-state index contributed by atoms with van der Waals surface area (Å²) in [6.45, 7) is 7.62. The highest BCUT2D eigenvalue weighted by Crippen LogP contribution is 1.99. The molecule has 0 saturated heterocycles. The summed E-state index contributed by atoms with van der Waals surface area (Å²) in [6.07, 6.45) is 2.68. The van der Waals surface area contributed by atoms with Crippen molar-refractivity contribution in [3.63, 3.8) is 0 Å². The van der Waals surface area contributed by atoms with Crippen LogP contribution >= 0.6 is 0 Å². The first-order valence-electron chi connectivity index (χ1n) is 5.17. The summed E-state index contributed by atoms with van der Waals surface area (Å²) < 4.78 is 1.96.